The Morgan fingerprint density at radius 2 is 1.97 bits per heavy atom. The van der Waals surface area contributed by atoms with Crippen LogP contribution in [0.4, 0.5) is 15.0 Å². The molecule has 2 aromatic rings. The van der Waals surface area contributed by atoms with Crippen LogP contribution >= 0.6 is 11.8 Å². The molecule has 0 saturated carbocycles. The highest BCUT2D eigenvalue weighted by Gasteiger charge is 2.41. The van der Waals surface area contributed by atoms with Crippen molar-refractivity contribution in [3.05, 3.63) is 46.4 Å². The SMILES string of the molecule is CSc1nc2c(c(N3CCN(C(=O)OC(C)(C)C)[C@@H](CC#N)C3)n1)CC[C@]1(CCc3c(F)cccc3C1)C2. The Labute approximate surface area is 228 Å². The Kier molecular flexibility index (Phi) is 7.29. The monoisotopic (exact) mass is 537 g/mol. The highest BCUT2D eigenvalue weighted by atomic mass is 32.2. The number of fused-ring (bicyclic) bond motifs is 2. The number of benzene rings is 1. The lowest BCUT2D eigenvalue weighted by Crippen LogP contribution is -2.56. The fraction of sp³-hybridized carbons (Fsp3) is 0.586. The van der Waals surface area contributed by atoms with E-state index < -0.39 is 5.60 Å². The molecule has 1 aliphatic heterocycles. The molecule has 0 radical (unpaired) electrons. The molecule has 1 spiro atoms. The second kappa shape index (κ2) is 10.4. The summed E-state index contributed by atoms with van der Waals surface area (Å²) in [7, 11) is 0. The molecular weight excluding hydrogens is 501 g/mol. The smallest absolute Gasteiger partial charge is 0.410 e. The van der Waals surface area contributed by atoms with Gasteiger partial charge in [-0.15, -0.1) is 0 Å². The largest absolute Gasteiger partial charge is 0.444 e. The van der Waals surface area contributed by atoms with Gasteiger partial charge in [-0.3, -0.25) is 0 Å². The molecule has 38 heavy (non-hydrogen) atoms. The normalized spacial score (nSPS) is 23.0. The summed E-state index contributed by atoms with van der Waals surface area (Å²) in [5.74, 6) is 0.850. The first-order valence-electron chi connectivity index (χ1n) is 13.4. The van der Waals surface area contributed by atoms with Crippen molar-refractivity contribution in [2.75, 3.05) is 30.8 Å². The van der Waals surface area contributed by atoms with Crippen molar-refractivity contribution in [3.8, 4) is 6.07 Å². The second-order valence-corrected chi connectivity index (χ2v) is 12.6. The first-order chi connectivity index (χ1) is 18.1. The number of halogens is 1. The van der Waals surface area contributed by atoms with Gasteiger partial charge in [0.25, 0.3) is 0 Å². The third kappa shape index (κ3) is 5.33. The minimum absolute atomic E-state index is 0.0831. The van der Waals surface area contributed by atoms with Crippen LogP contribution in [0.3, 0.4) is 0 Å². The van der Waals surface area contributed by atoms with E-state index >= 15 is 0 Å². The summed E-state index contributed by atoms with van der Waals surface area (Å²) < 4.78 is 20.0. The van der Waals surface area contributed by atoms with Crippen LogP contribution < -0.4 is 4.90 Å². The molecule has 0 N–H and O–H groups in total. The average molecular weight is 538 g/mol. The third-order valence-electron chi connectivity index (χ3n) is 8.10. The minimum atomic E-state index is -0.592. The van der Waals surface area contributed by atoms with E-state index in [0.717, 1.165) is 66.3 Å². The Bertz CT molecular complexity index is 1270. The lowest BCUT2D eigenvalue weighted by molar-refractivity contribution is 0.0144. The van der Waals surface area contributed by atoms with Crippen LogP contribution in [0, 0.1) is 22.6 Å². The number of aromatic nitrogens is 2. The number of rotatable bonds is 3. The number of hydrogen-bond acceptors (Lipinski definition) is 7. The first kappa shape index (κ1) is 26.7. The summed E-state index contributed by atoms with van der Waals surface area (Å²) >= 11 is 1.53. The highest BCUT2D eigenvalue weighted by molar-refractivity contribution is 7.98. The average Bonchev–Trinajstić information content (AvgIpc) is 2.87. The number of carbonyl (C=O) groups excluding carboxylic acids is 1. The fourth-order valence-electron chi connectivity index (χ4n) is 6.27. The number of nitrogens with zero attached hydrogens (tertiary/aromatic N) is 5. The molecule has 9 heteroatoms. The lowest BCUT2D eigenvalue weighted by Gasteiger charge is -2.44. The number of carbonyl (C=O) groups is 1. The zero-order valence-corrected chi connectivity index (χ0v) is 23.5. The van der Waals surface area contributed by atoms with E-state index in [2.05, 4.69) is 17.0 Å². The molecule has 2 aliphatic carbocycles. The number of piperazine rings is 1. The van der Waals surface area contributed by atoms with Crippen molar-refractivity contribution in [3.63, 3.8) is 0 Å². The number of ether oxygens (including phenoxy) is 1. The standard InChI is InChI=1S/C29H36FN5O2S/c1-28(2,3)37-27(36)35-15-14-34(18-20(35)10-13-31)25-22-9-12-29(17-24(22)32-26(33-25)38-4)11-8-21-19(16-29)6-5-7-23(21)30/h5-7,20H,8-12,14-18H2,1-4H3/t20-,29-/m0/s1. The molecular formula is C29H36FN5O2S. The maximum Gasteiger partial charge on any atom is 0.410 e. The van der Waals surface area contributed by atoms with E-state index in [1.165, 1.54) is 17.3 Å². The van der Waals surface area contributed by atoms with Gasteiger partial charge >= 0.3 is 6.09 Å². The summed E-state index contributed by atoms with van der Waals surface area (Å²) in [5.41, 5.74) is 3.79. The molecule has 1 aromatic carbocycles. The van der Waals surface area contributed by atoms with Crippen molar-refractivity contribution >= 4 is 23.7 Å². The summed E-state index contributed by atoms with van der Waals surface area (Å²) in [5, 5.41) is 10.2. The van der Waals surface area contributed by atoms with Gasteiger partial charge in [-0.1, -0.05) is 23.9 Å². The van der Waals surface area contributed by atoms with Gasteiger partial charge in [-0.25, -0.2) is 19.2 Å². The van der Waals surface area contributed by atoms with E-state index in [1.807, 2.05) is 33.1 Å². The van der Waals surface area contributed by atoms with E-state index in [1.54, 1.807) is 11.0 Å². The summed E-state index contributed by atoms with van der Waals surface area (Å²) in [6.45, 7) is 7.18. The molecule has 3 aliphatic rings. The van der Waals surface area contributed by atoms with Crippen molar-refractivity contribution < 1.29 is 13.9 Å². The van der Waals surface area contributed by atoms with Crippen molar-refractivity contribution in [1.29, 1.82) is 5.26 Å². The molecule has 0 bridgehead atoms. The van der Waals surface area contributed by atoms with E-state index in [9.17, 15) is 14.4 Å². The summed E-state index contributed by atoms with van der Waals surface area (Å²) in [6.07, 6.45) is 7.22. The number of nitriles is 1. The molecule has 2 atom stereocenters. The van der Waals surface area contributed by atoms with Crippen molar-refractivity contribution in [2.45, 2.75) is 82.5 Å². The molecule has 1 fully saturated rings. The van der Waals surface area contributed by atoms with E-state index in [0.29, 0.717) is 19.6 Å². The molecule has 1 aromatic heterocycles. The molecule has 0 unspecified atom stereocenters. The van der Waals surface area contributed by atoms with E-state index in [-0.39, 0.29) is 29.8 Å². The Balaban J connectivity index is 1.41. The summed E-state index contributed by atoms with van der Waals surface area (Å²) in [4.78, 5) is 26.7. The lowest BCUT2D eigenvalue weighted by atomic mass is 9.63. The molecule has 1 saturated heterocycles. The second-order valence-electron chi connectivity index (χ2n) is 11.8. The van der Waals surface area contributed by atoms with Gasteiger partial charge in [-0.05, 0) is 88.2 Å². The van der Waals surface area contributed by atoms with Crippen LogP contribution in [-0.4, -0.2) is 58.5 Å². The van der Waals surface area contributed by atoms with Crippen molar-refractivity contribution in [1.82, 2.24) is 14.9 Å². The van der Waals surface area contributed by atoms with Gasteiger partial charge in [-0.2, -0.15) is 5.26 Å². The molecule has 2 heterocycles. The number of anilines is 1. The van der Waals surface area contributed by atoms with Crippen LogP contribution in [0.5, 0.6) is 0 Å². The van der Waals surface area contributed by atoms with E-state index in [4.69, 9.17) is 14.7 Å². The minimum Gasteiger partial charge on any atom is -0.444 e. The van der Waals surface area contributed by atoms with Crippen LogP contribution in [0.15, 0.2) is 23.4 Å². The number of thioether (sulfide) groups is 1. The predicted molar refractivity (Wildman–Crippen MR) is 146 cm³/mol. The maximum absolute atomic E-state index is 14.4. The van der Waals surface area contributed by atoms with Gasteiger partial charge in [0.1, 0.15) is 17.2 Å². The first-order valence-corrected chi connectivity index (χ1v) is 14.7. The topological polar surface area (TPSA) is 82.4 Å². The Morgan fingerprint density at radius 1 is 1.21 bits per heavy atom. The third-order valence-corrected chi connectivity index (χ3v) is 8.65. The van der Waals surface area contributed by atoms with Gasteiger partial charge in [0.15, 0.2) is 5.16 Å². The van der Waals surface area contributed by atoms with Gasteiger partial charge in [0.05, 0.1) is 24.2 Å². The van der Waals surface area contributed by atoms with Gasteiger partial charge in [0.2, 0.25) is 0 Å². The van der Waals surface area contributed by atoms with Crippen molar-refractivity contribution in [2.24, 2.45) is 5.41 Å². The number of hydrogen-bond donors (Lipinski definition) is 0. The fourth-order valence-corrected chi connectivity index (χ4v) is 6.65. The molecule has 202 valence electrons. The van der Waals surface area contributed by atoms with Crippen LogP contribution in [0.2, 0.25) is 0 Å². The van der Waals surface area contributed by atoms with Crippen LogP contribution in [-0.2, 0) is 30.4 Å². The zero-order valence-electron chi connectivity index (χ0n) is 22.7. The molecule has 1 amide bonds. The van der Waals surface area contributed by atoms with Gasteiger partial charge < -0.3 is 14.5 Å². The Hall–Kier alpha value is -2.86. The Morgan fingerprint density at radius 3 is 2.68 bits per heavy atom. The van der Waals surface area contributed by atoms with Crippen LogP contribution in [0.1, 0.15) is 62.4 Å². The highest BCUT2D eigenvalue weighted by Crippen LogP contribution is 2.47. The summed E-state index contributed by atoms with van der Waals surface area (Å²) in [6, 6.07) is 7.45. The molecule has 7 nitrogen and oxygen atoms in total. The quantitative estimate of drug-likeness (QED) is 0.386. The zero-order chi connectivity index (χ0) is 27.1. The predicted octanol–water partition coefficient (Wildman–Crippen LogP) is 5.34. The van der Waals surface area contributed by atoms with Crippen LogP contribution in [0.25, 0.3) is 0 Å². The molecule has 5 rings (SSSR count). The van der Waals surface area contributed by atoms with Gasteiger partial charge in [0, 0.05) is 25.2 Å². The maximum atomic E-state index is 14.4. The number of amides is 1.